The molecule has 1 aliphatic carbocycles. The topological polar surface area (TPSA) is 62.4 Å². The summed E-state index contributed by atoms with van der Waals surface area (Å²) >= 11 is 0. The maximum atomic E-state index is 13.5. The summed E-state index contributed by atoms with van der Waals surface area (Å²) in [4.78, 5) is 5.29. The molecule has 1 aromatic rings. The molecule has 0 spiro atoms. The van der Waals surface area contributed by atoms with Crippen LogP contribution in [0.25, 0.3) is 0 Å². The quantitative estimate of drug-likeness (QED) is 0.836. The van der Waals surface area contributed by atoms with Crippen LogP contribution in [0.1, 0.15) is 12.8 Å². The van der Waals surface area contributed by atoms with E-state index in [1.54, 1.807) is 11.9 Å². The Morgan fingerprint density at radius 1 is 1.47 bits per heavy atom. The van der Waals surface area contributed by atoms with Gasteiger partial charge in [-0.25, -0.2) is 13.8 Å². The van der Waals surface area contributed by atoms with Crippen LogP contribution in [0.5, 0.6) is 0 Å². The van der Waals surface area contributed by atoms with Gasteiger partial charge in [0.05, 0.1) is 6.10 Å². The molecule has 0 radical (unpaired) electrons. The van der Waals surface area contributed by atoms with Crippen LogP contribution in [0.15, 0.2) is 6.07 Å². The van der Waals surface area contributed by atoms with Crippen LogP contribution in [0, 0.1) is 17.6 Å². The highest BCUT2D eigenvalue weighted by atomic mass is 19.1. The monoisotopic (exact) mass is 243 g/mol. The van der Waals surface area contributed by atoms with Crippen molar-refractivity contribution in [2.75, 3.05) is 24.2 Å². The number of nitrogen functional groups attached to an aromatic ring is 1. The van der Waals surface area contributed by atoms with Gasteiger partial charge in [-0.05, 0) is 18.8 Å². The molecule has 1 fully saturated rings. The second-order valence-corrected chi connectivity index (χ2v) is 4.53. The van der Waals surface area contributed by atoms with Crippen LogP contribution < -0.4 is 10.6 Å². The van der Waals surface area contributed by atoms with Crippen LogP contribution in [0.4, 0.5) is 20.4 Å². The Labute approximate surface area is 98.1 Å². The Kier molecular flexibility index (Phi) is 3.15. The number of nitrogens with two attached hydrogens (primary N) is 1. The van der Waals surface area contributed by atoms with Crippen LogP contribution >= 0.6 is 0 Å². The van der Waals surface area contributed by atoms with E-state index < -0.39 is 11.6 Å². The second kappa shape index (κ2) is 4.44. The Morgan fingerprint density at radius 2 is 2.12 bits per heavy atom. The summed E-state index contributed by atoms with van der Waals surface area (Å²) in [6.07, 6.45) is 1.18. The summed E-state index contributed by atoms with van der Waals surface area (Å²) in [5.41, 5.74) is 5.31. The fraction of sp³-hybridized carbons (Fsp3) is 0.545. The highest BCUT2D eigenvalue weighted by Crippen LogP contribution is 2.29. The first-order valence-electron chi connectivity index (χ1n) is 5.48. The van der Waals surface area contributed by atoms with Gasteiger partial charge >= 0.3 is 0 Å². The molecule has 2 rings (SSSR count). The van der Waals surface area contributed by atoms with Crippen LogP contribution in [0.2, 0.25) is 0 Å². The number of aromatic nitrogens is 1. The van der Waals surface area contributed by atoms with Crippen molar-refractivity contribution in [3.05, 3.63) is 17.7 Å². The van der Waals surface area contributed by atoms with Gasteiger partial charge in [-0.1, -0.05) is 0 Å². The van der Waals surface area contributed by atoms with Crippen molar-refractivity contribution >= 4 is 11.6 Å². The Balaban J connectivity index is 2.08. The third-order valence-electron chi connectivity index (χ3n) is 3.04. The molecule has 17 heavy (non-hydrogen) atoms. The van der Waals surface area contributed by atoms with Gasteiger partial charge in [-0.3, -0.25) is 0 Å². The number of nitrogens with zero attached hydrogens (tertiary/aromatic N) is 2. The lowest BCUT2D eigenvalue weighted by Crippen LogP contribution is -2.37. The molecule has 0 atom stereocenters. The van der Waals surface area contributed by atoms with Crippen LogP contribution in [-0.4, -0.2) is 29.8 Å². The molecule has 3 N–H and O–H groups in total. The predicted octanol–water partition coefficient (Wildman–Crippen LogP) is 1.15. The van der Waals surface area contributed by atoms with Crippen LogP contribution in [-0.2, 0) is 0 Å². The largest absolute Gasteiger partial charge is 0.393 e. The third-order valence-corrected chi connectivity index (χ3v) is 3.04. The first-order chi connectivity index (χ1) is 7.97. The first kappa shape index (κ1) is 12.0. The van der Waals surface area contributed by atoms with E-state index in [0.29, 0.717) is 25.3 Å². The van der Waals surface area contributed by atoms with Crippen molar-refractivity contribution in [1.29, 1.82) is 0 Å². The molecule has 1 saturated carbocycles. The summed E-state index contributed by atoms with van der Waals surface area (Å²) in [6, 6.07) is 0.740. The maximum Gasteiger partial charge on any atom is 0.168 e. The SMILES string of the molecule is CN(CC1CC(O)C1)c1nc(N)c(F)cc1F. The third kappa shape index (κ3) is 2.46. The number of aliphatic hydroxyl groups is 1. The molecule has 0 saturated heterocycles. The highest BCUT2D eigenvalue weighted by Gasteiger charge is 2.29. The lowest BCUT2D eigenvalue weighted by Gasteiger charge is -2.34. The zero-order valence-electron chi connectivity index (χ0n) is 9.53. The molecule has 1 aliphatic rings. The number of halogens is 2. The van der Waals surface area contributed by atoms with E-state index in [9.17, 15) is 8.78 Å². The smallest absolute Gasteiger partial charge is 0.168 e. The number of hydrogen-bond acceptors (Lipinski definition) is 4. The van der Waals surface area contributed by atoms with E-state index >= 15 is 0 Å². The molecule has 1 heterocycles. The van der Waals surface area contributed by atoms with E-state index in [4.69, 9.17) is 10.8 Å². The van der Waals surface area contributed by atoms with Crippen molar-refractivity contribution in [3.8, 4) is 0 Å². The molecule has 94 valence electrons. The van der Waals surface area contributed by atoms with Crippen molar-refractivity contribution in [2.45, 2.75) is 18.9 Å². The number of hydrogen-bond donors (Lipinski definition) is 2. The standard InChI is InChI=1S/C11H15F2N3O/c1-16(5-6-2-7(17)3-6)11-9(13)4-8(12)10(14)15-11/h4,6-7,17H,2-3,5H2,1H3,(H2,14,15). The molecule has 0 bridgehead atoms. The van der Waals surface area contributed by atoms with Gasteiger partial charge in [0.25, 0.3) is 0 Å². The van der Waals surface area contributed by atoms with Crippen molar-refractivity contribution < 1.29 is 13.9 Å². The fourth-order valence-electron chi connectivity index (χ4n) is 2.06. The highest BCUT2D eigenvalue weighted by molar-refractivity contribution is 5.46. The normalized spacial score (nSPS) is 23.3. The molecule has 0 amide bonds. The maximum absolute atomic E-state index is 13.5. The summed E-state index contributed by atoms with van der Waals surface area (Å²) in [6.45, 7) is 0.575. The van der Waals surface area contributed by atoms with Crippen molar-refractivity contribution in [3.63, 3.8) is 0 Å². The average Bonchev–Trinajstić information content (AvgIpc) is 2.21. The minimum absolute atomic E-state index is 0.0466. The molecule has 0 aliphatic heterocycles. The molecule has 4 nitrogen and oxygen atoms in total. The van der Waals surface area contributed by atoms with Gasteiger partial charge in [0.15, 0.2) is 23.3 Å². The molecule has 6 heteroatoms. The Bertz CT molecular complexity index is 421. The van der Waals surface area contributed by atoms with Gasteiger partial charge in [0.1, 0.15) is 0 Å². The molecule has 0 unspecified atom stereocenters. The summed E-state index contributed by atoms with van der Waals surface area (Å²) in [7, 11) is 1.67. The lowest BCUT2D eigenvalue weighted by atomic mass is 9.82. The van der Waals surface area contributed by atoms with Gasteiger partial charge < -0.3 is 15.7 Å². The number of rotatable bonds is 3. The van der Waals surface area contributed by atoms with E-state index in [-0.39, 0.29) is 17.7 Å². The van der Waals surface area contributed by atoms with E-state index in [1.165, 1.54) is 0 Å². The summed E-state index contributed by atoms with van der Waals surface area (Å²) in [5, 5.41) is 9.16. The zero-order valence-corrected chi connectivity index (χ0v) is 9.53. The van der Waals surface area contributed by atoms with E-state index in [2.05, 4.69) is 4.98 Å². The number of pyridine rings is 1. The van der Waals surface area contributed by atoms with E-state index in [0.717, 1.165) is 6.07 Å². The van der Waals surface area contributed by atoms with Crippen molar-refractivity contribution in [2.24, 2.45) is 5.92 Å². The molecular weight excluding hydrogens is 228 g/mol. The number of anilines is 2. The minimum atomic E-state index is -0.848. The average molecular weight is 243 g/mol. The summed E-state index contributed by atoms with van der Waals surface area (Å²) < 4.78 is 26.4. The summed E-state index contributed by atoms with van der Waals surface area (Å²) in [5.74, 6) is -1.51. The predicted molar refractivity (Wildman–Crippen MR) is 60.6 cm³/mol. The molecular formula is C11H15F2N3O. The Morgan fingerprint density at radius 3 is 2.71 bits per heavy atom. The van der Waals surface area contributed by atoms with Crippen LogP contribution in [0.3, 0.4) is 0 Å². The second-order valence-electron chi connectivity index (χ2n) is 4.53. The van der Waals surface area contributed by atoms with E-state index in [1.807, 2.05) is 0 Å². The van der Waals surface area contributed by atoms with Gasteiger partial charge in [-0.15, -0.1) is 0 Å². The van der Waals surface area contributed by atoms with Crippen molar-refractivity contribution in [1.82, 2.24) is 4.98 Å². The zero-order chi connectivity index (χ0) is 12.6. The Hall–Kier alpha value is -1.43. The first-order valence-corrected chi connectivity index (χ1v) is 5.48. The van der Waals surface area contributed by atoms with Gasteiger partial charge in [0, 0.05) is 19.7 Å². The lowest BCUT2D eigenvalue weighted by molar-refractivity contribution is 0.0464. The number of aliphatic hydroxyl groups excluding tert-OH is 1. The van der Waals surface area contributed by atoms with Gasteiger partial charge in [-0.2, -0.15) is 0 Å². The molecule has 1 aromatic heterocycles. The van der Waals surface area contributed by atoms with Gasteiger partial charge in [0.2, 0.25) is 0 Å². The minimum Gasteiger partial charge on any atom is -0.393 e. The molecule has 0 aromatic carbocycles. The fourth-order valence-corrected chi connectivity index (χ4v) is 2.06.